The molecule has 0 atom stereocenters. The lowest BCUT2D eigenvalue weighted by Gasteiger charge is -2.10. The van der Waals surface area contributed by atoms with Gasteiger partial charge in [-0.3, -0.25) is 0 Å². The normalized spacial score (nSPS) is 10.4. The van der Waals surface area contributed by atoms with Crippen LogP contribution in [0.4, 0.5) is 10.1 Å². The van der Waals surface area contributed by atoms with E-state index < -0.39 is 0 Å². The third kappa shape index (κ3) is 2.28. The first-order valence-corrected chi connectivity index (χ1v) is 6.45. The molecule has 0 aromatic heterocycles. The number of benzene rings is 3. The van der Waals surface area contributed by atoms with E-state index in [4.69, 9.17) is 5.73 Å². The summed E-state index contributed by atoms with van der Waals surface area (Å²) in [6.45, 7) is 0. The Bertz CT molecular complexity index is 721. The number of hydrogen-bond acceptors (Lipinski definition) is 1. The predicted molar refractivity (Wildman–Crippen MR) is 81.7 cm³/mol. The Morgan fingerprint density at radius 2 is 1.20 bits per heavy atom. The van der Waals surface area contributed by atoms with Crippen LogP contribution < -0.4 is 5.73 Å². The minimum Gasteiger partial charge on any atom is -0.396 e. The Labute approximate surface area is 117 Å². The largest absolute Gasteiger partial charge is 0.396 e. The summed E-state index contributed by atoms with van der Waals surface area (Å²) < 4.78 is 14.3. The van der Waals surface area contributed by atoms with E-state index in [1.807, 2.05) is 66.7 Å². The Kier molecular flexibility index (Phi) is 3.21. The van der Waals surface area contributed by atoms with Crippen LogP contribution in [-0.4, -0.2) is 0 Å². The molecule has 0 unspecified atom stereocenters. The molecule has 3 aromatic carbocycles. The van der Waals surface area contributed by atoms with E-state index in [9.17, 15) is 4.39 Å². The molecule has 3 aromatic rings. The molecule has 0 radical (unpaired) electrons. The zero-order valence-electron chi connectivity index (χ0n) is 10.9. The Hall–Kier alpha value is -2.61. The third-order valence-electron chi connectivity index (χ3n) is 3.29. The van der Waals surface area contributed by atoms with Crippen molar-refractivity contribution in [2.75, 3.05) is 5.73 Å². The first-order chi connectivity index (χ1) is 9.75. The van der Waals surface area contributed by atoms with Crippen molar-refractivity contribution in [3.8, 4) is 22.3 Å². The van der Waals surface area contributed by atoms with E-state index in [0.29, 0.717) is 5.56 Å². The van der Waals surface area contributed by atoms with E-state index in [1.54, 1.807) is 6.07 Å². The van der Waals surface area contributed by atoms with Crippen LogP contribution in [0.2, 0.25) is 0 Å². The first kappa shape index (κ1) is 12.4. The van der Waals surface area contributed by atoms with E-state index in [-0.39, 0.29) is 11.5 Å². The average Bonchev–Trinajstić information content (AvgIpc) is 2.51. The van der Waals surface area contributed by atoms with Gasteiger partial charge in [-0.2, -0.15) is 0 Å². The molecule has 0 saturated carbocycles. The maximum Gasteiger partial charge on any atom is 0.153 e. The second-order valence-electron chi connectivity index (χ2n) is 4.66. The van der Waals surface area contributed by atoms with Crippen LogP contribution >= 0.6 is 0 Å². The standard InChI is InChI=1S/C18H14FN/c19-18-16(14-9-5-2-6-10-14)11-15(12-17(18)20)13-7-3-1-4-8-13/h1-12H,20H2. The molecular formula is C18H14FN. The molecular weight excluding hydrogens is 249 g/mol. The van der Waals surface area contributed by atoms with Crippen LogP contribution in [0.1, 0.15) is 0 Å². The minimum atomic E-state index is -0.365. The SMILES string of the molecule is Nc1cc(-c2ccccc2)cc(-c2ccccc2)c1F. The second-order valence-corrected chi connectivity index (χ2v) is 4.66. The highest BCUT2D eigenvalue weighted by atomic mass is 19.1. The molecule has 1 nitrogen and oxygen atoms in total. The van der Waals surface area contributed by atoms with Crippen molar-refractivity contribution in [2.24, 2.45) is 0 Å². The molecule has 0 amide bonds. The molecule has 2 heteroatoms. The Morgan fingerprint density at radius 3 is 1.80 bits per heavy atom. The molecule has 0 bridgehead atoms. The predicted octanol–water partition coefficient (Wildman–Crippen LogP) is 4.74. The van der Waals surface area contributed by atoms with E-state index in [1.165, 1.54) is 0 Å². The van der Waals surface area contributed by atoms with Crippen LogP contribution in [0.5, 0.6) is 0 Å². The molecule has 0 aliphatic heterocycles. The van der Waals surface area contributed by atoms with Gasteiger partial charge in [-0.1, -0.05) is 60.7 Å². The van der Waals surface area contributed by atoms with E-state index in [2.05, 4.69) is 0 Å². The second kappa shape index (κ2) is 5.17. The monoisotopic (exact) mass is 263 g/mol. The molecule has 20 heavy (non-hydrogen) atoms. The molecule has 0 fully saturated rings. The van der Waals surface area contributed by atoms with Gasteiger partial charge in [0, 0.05) is 5.56 Å². The topological polar surface area (TPSA) is 26.0 Å². The van der Waals surface area contributed by atoms with E-state index >= 15 is 0 Å². The summed E-state index contributed by atoms with van der Waals surface area (Å²) in [7, 11) is 0. The van der Waals surface area contributed by atoms with Crippen LogP contribution in [0.15, 0.2) is 72.8 Å². The fraction of sp³-hybridized carbons (Fsp3) is 0. The number of nitrogen functional groups attached to an aromatic ring is 1. The van der Waals surface area contributed by atoms with Crippen molar-refractivity contribution < 1.29 is 4.39 Å². The molecule has 2 N–H and O–H groups in total. The third-order valence-corrected chi connectivity index (χ3v) is 3.29. The Balaban J connectivity index is 2.19. The van der Waals surface area contributed by atoms with Crippen LogP contribution in [0, 0.1) is 5.82 Å². The van der Waals surface area contributed by atoms with Crippen LogP contribution in [0.25, 0.3) is 22.3 Å². The van der Waals surface area contributed by atoms with Crippen molar-refractivity contribution in [1.82, 2.24) is 0 Å². The van der Waals surface area contributed by atoms with Gasteiger partial charge in [0.1, 0.15) is 0 Å². The number of halogens is 1. The molecule has 0 spiro atoms. The molecule has 0 aliphatic rings. The van der Waals surface area contributed by atoms with Crippen molar-refractivity contribution in [3.63, 3.8) is 0 Å². The maximum absolute atomic E-state index is 14.3. The molecule has 3 rings (SSSR count). The van der Waals surface area contributed by atoms with Crippen molar-refractivity contribution in [3.05, 3.63) is 78.6 Å². The number of hydrogen-bond donors (Lipinski definition) is 1. The minimum absolute atomic E-state index is 0.171. The summed E-state index contributed by atoms with van der Waals surface area (Å²) in [6.07, 6.45) is 0. The van der Waals surface area contributed by atoms with Gasteiger partial charge in [0.25, 0.3) is 0 Å². The smallest absolute Gasteiger partial charge is 0.153 e. The van der Waals surface area contributed by atoms with Crippen molar-refractivity contribution >= 4 is 5.69 Å². The van der Waals surface area contributed by atoms with Gasteiger partial charge >= 0.3 is 0 Å². The summed E-state index contributed by atoms with van der Waals surface area (Å²) in [5.41, 5.74) is 9.30. The van der Waals surface area contributed by atoms with Gasteiger partial charge in [0.05, 0.1) is 5.69 Å². The van der Waals surface area contributed by atoms with Crippen molar-refractivity contribution in [2.45, 2.75) is 0 Å². The summed E-state index contributed by atoms with van der Waals surface area (Å²) in [5, 5.41) is 0. The Morgan fingerprint density at radius 1 is 0.650 bits per heavy atom. The lowest BCUT2D eigenvalue weighted by Crippen LogP contribution is -1.95. The van der Waals surface area contributed by atoms with Gasteiger partial charge in [0.2, 0.25) is 0 Å². The van der Waals surface area contributed by atoms with E-state index in [0.717, 1.165) is 16.7 Å². The summed E-state index contributed by atoms with van der Waals surface area (Å²) >= 11 is 0. The first-order valence-electron chi connectivity index (χ1n) is 6.45. The zero-order chi connectivity index (χ0) is 13.9. The van der Waals surface area contributed by atoms with Crippen LogP contribution in [0.3, 0.4) is 0 Å². The quantitative estimate of drug-likeness (QED) is 0.664. The molecule has 0 saturated heterocycles. The highest BCUT2D eigenvalue weighted by Gasteiger charge is 2.11. The molecule has 0 heterocycles. The lowest BCUT2D eigenvalue weighted by atomic mass is 9.97. The highest BCUT2D eigenvalue weighted by Crippen LogP contribution is 2.32. The van der Waals surface area contributed by atoms with Crippen LogP contribution in [-0.2, 0) is 0 Å². The number of nitrogens with two attached hydrogens (primary N) is 1. The van der Waals surface area contributed by atoms with Gasteiger partial charge < -0.3 is 5.73 Å². The zero-order valence-corrected chi connectivity index (χ0v) is 10.9. The summed E-state index contributed by atoms with van der Waals surface area (Å²) in [4.78, 5) is 0. The van der Waals surface area contributed by atoms with Crippen molar-refractivity contribution in [1.29, 1.82) is 0 Å². The van der Waals surface area contributed by atoms with Gasteiger partial charge in [-0.05, 0) is 28.8 Å². The summed E-state index contributed by atoms with van der Waals surface area (Å²) in [6, 6.07) is 22.8. The van der Waals surface area contributed by atoms with Gasteiger partial charge in [-0.15, -0.1) is 0 Å². The fourth-order valence-corrected chi connectivity index (χ4v) is 2.27. The summed E-state index contributed by atoms with van der Waals surface area (Å²) in [5.74, 6) is -0.365. The number of rotatable bonds is 2. The fourth-order valence-electron chi connectivity index (χ4n) is 2.27. The van der Waals surface area contributed by atoms with Gasteiger partial charge in [-0.25, -0.2) is 4.39 Å². The average molecular weight is 263 g/mol. The van der Waals surface area contributed by atoms with Gasteiger partial charge in [0.15, 0.2) is 5.82 Å². The molecule has 98 valence electrons. The maximum atomic E-state index is 14.3. The molecule has 0 aliphatic carbocycles. The lowest BCUT2D eigenvalue weighted by molar-refractivity contribution is 0.636. The number of anilines is 1. The highest BCUT2D eigenvalue weighted by molar-refractivity contribution is 5.78.